The highest BCUT2D eigenvalue weighted by atomic mass is 31.2. The van der Waals surface area contributed by atoms with E-state index >= 15 is 0 Å². The molecule has 0 amide bonds. The second-order valence-electron chi connectivity index (χ2n) is 6.80. The Balaban J connectivity index is 3.37. The van der Waals surface area contributed by atoms with Crippen LogP contribution in [-0.4, -0.2) is 39.7 Å². The highest BCUT2D eigenvalue weighted by molar-refractivity contribution is 7.51. The van der Waals surface area contributed by atoms with E-state index in [1.807, 2.05) is 0 Å². The molecule has 150 valence electrons. The topological polar surface area (TPSA) is 104 Å². The van der Waals surface area contributed by atoms with E-state index in [0.717, 1.165) is 19.3 Å². The first-order valence-corrected chi connectivity index (χ1v) is 11.5. The van der Waals surface area contributed by atoms with Crippen molar-refractivity contribution in [3.63, 3.8) is 0 Å². The lowest BCUT2D eigenvalue weighted by atomic mass is 10.1. The summed E-state index contributed by atoms with van der Waals surface area (Å²) >= 11 is 0. The molecule has 0 aromatic rings. The lowest BCUT2D eigenvalue weighted by molar-refractivity contribution is -0.146. The van der Waals surface area contributed by atoms with E-state index in [1.165, 1.54) is 51.4 Å². The van der Waals surface area contributed by atoms with Gasteiger partial charge in [0.25, 0.3) is 0 Å². The molecule has 0 aliphatic carbocycles. The summed E-state index contributed by atoms with van der Waals surface area (Å²) in [6, 6.07) is 0. The number of aliphatic hydroxyl groups is 1. The Morgan fingerprint density at radius 1 is 0.920 bits per heavy atom. The van der Waals surface area contributed by atoms with Crippen molar-refractivity contribution in [1.82, 2.24) is 0 Å². The monoisotopic (exact) mass is 380 g/mol. The molecule has 0 fully saturated rings. The zero-order chi connectivity index (χ0) is 19.0. The normalized spacial score (nSPS) is 13.0. The van der Waals surface area contributed by atoms with Crippen LogP contribution in [0.4, 0.5) is 0 Å². The molecule has 3 N–H and O–H groups in total. The summed E-state index contributed by atoms with van der Waals surface area (Å²) < 4.78 is 15.6. The van der Waals surface area contributed by atoms with Crippen LogP contribution in [0.5, 0.6) is 0 Å². The van der Waals surface area contributed by atoms with Gasteiger partial charge in [-0.1, -0.05) is 71.1 Å². The van der Waals surface area contributed by atoms with Gasteiger partial charge >= 0.3 is 13.6 Å². The van der Waals surface area contributed by atoms with Gasteiger partial charge in [0.2, 0.25) is 0 Å². The Bertz CT molecular complexity index is 369. The van der Waals surface area contributed by atoms with E-state index in [9.17, 15) is 14.5 Å². The summed E-state index contributed by atoms with van der Waals surface area (Å²) in [7, 11) is -4.11. The maximum atomic E-state index is 11.5. The summed E-state index contributed by atoms with van der Waals surface area (Å²) in [5.74, 6) is -0.355. The SMILES string of the molecule is CCCCCCCCCCCCCC(=O)OCC(O)CCP(=O)(O)O. The molecule has 0 aromatic heterocycles. The second-order valence-corrected chi connectivity index (χ2v) is 8.58. The van der Waals surface area contributed by atoms with Gasteiger partial charge in [-0.2, -0.15) is 0 Å². The first-order valence-electron chi connectivity index (χ1n) is 9.73. The lowest BCUT2D eigenvalue weighted by Gasteiger charge is -2.11. The highest BCUT2D eigenvalue weighted by Crippen LogP contribution is 2.35. The van der Waals surface area contributed by atoms with Gasteiger partial charge in [-0.3, -0.25) is 9.36 Å². The van der Waals surface area contributed by atoms with E-state index in [0.29, 0.717) is 6.42 Å². The highest BCUT2D eigenvalue weighted by Gasteiger charge is 2.17. The molecule has 0 saturated carbocycles. The zero-order valence-corrected chi connectivity index (χ0v) is 16.6. The number of carbonyl (C=O) groups is 1. The fraction of sp³-hybridized carbons (Fsp3) is 0.944. The number of esters is 1. The smallest absolute Gasteiger partial charge is 0.325 e. The lowest BCUT2D eigenvalue weighted by Crippen LogP contribution is -2.19. The van der Waals surface area contributed by atoms with Gasteiger partial charge in [0.1, 0.15) is 6.61 Å². The Morgan fingerprint density at radius 2 is 1.40 bits per heavy atom. The fourth-order valence-corrected chi connectivity index (χ4v) is 3.23. The summed E-state index contributed by atoms with van der Waals surface area (Å²) in [5, 5.41) is 9.50. The van der Waals surface area contributed by atoms with E-state index in [-0.39, 0.29) is 19.0 Å². The minimum Gasteiger partial charge on any atom is -0.463 e. The van der Waals surface area contributed by atoms with Gasteiger partial charge in [-0.15, -0.1) is 0 Å². The van der Waals surface area contributed by atoms with Crippen molar-refractivity contribution in [2.75, 3.05) is 12.8 Å². The van der Waals surface area contributed by atoms with Gasteiger partial charge in [-0.25, -0.2) is 0 Å². The summed E-state index contributed by atoms with van der Waals surface area (Å²) in [6.45, 7) is 2.03. The average Bonchev–Trinajstić information content (AvgIpc) is 2.55. The summed E-state index contributed by atoms with van der Waals surface area (Å²) in [5.41, 5.74) is 0. The van der Waals surface area contributed by atoms with Crippen molar-refractivity contribution in [3.05, 3.63) is 0 Å². The van der Waals surface area contributed by atoms with E-state index in [4.69, 9.17) is 14.5 Å². The number of carbonyl (C=O) groups excluding carboxylic acids is 1. The van der Waals surface area contributed by atoms with Crippen LogP contribution < -0.4 is 0 Å². The number of hydrogen-bond acceptors (Lipinski definition) is 4. The molecule has 0 rings (SSSR count). The molecule has 0 radical (unpaired) electrons. The third-order valence-electron chi connectivity index (χ3n) is 4.17. The van der Waals surface area contributed by atoms with Gasteiger partial charge in [0, 0.05) is 6.42 Å². The number of unbranched alkanes of at least 4 members (excludes halogenated alkanes) is 10. The molecule has 0 bridgehead atoms. The van der Waals surface area contributed by atoms with Gasteiger partial charge in [0.15, 0.2) is 0 Å². The predicted octanol–water partition coefficient (Wildman–Crippen LogP) is 4.16. The molecule has 7 heteroatoms. The van der Waals surface area contributed by atoms with E-state index in [2.05, 4.69) is 6.92 Å². The van der Waals surface area contributed by atoms with Gasteiger partial charge < -0.3 is 19.6 Å². The molecule has 0 saturated heterocycles. The van der Waals surface area contributed by atoms with Crippen molar-refractivity contribution in [3.8, 4) is 0 Å². The van der Waals surface area contributed by atoms with Crippen LogP contribution in [0.25, 0.3) is 0 Å². The predicted molar refractivity (Wildman–Crippen MR) is 99.6 cm³/mol. The van der Waals surface area contributed by atoms with Crippen LogP contribution in [0.2, 0.25) is 0 Å². The number of hydrogen-bond donors (Lipinski definition) is 3. The molecular weight excluding hydrogens is 343 g/mol. The molecule has 0 aromatic carbocycles. The second kappa shape index (κ2) is 15.8. The van der Waals surface area contributed by atoms with Crippen LogP contribution in [0.3, 0.4) is 0 Å². The summed E-state index contributed by atoms with van der Waals surface area (Å²) in [4.78, 5) is 28.9. The van der Waals surface area contributed by atoms with Crippen molar-refractivity contribution < 1.29 is 29.0 Å². The molecule has 25 heavy (non-hydrogen) atoms. The molecule has 0 aliphatic rings. The van der Waals surface area contributed by atoms with Crippen molar-refractivity contribution in [2.45, 2.75) is 96.5 Å². The third-order valence-corrected chi connectivity index (χ3v) is 5.02. The number of aliphatic hydroxyl groups excluding tert-OH is 1. The summed E-state index contributed by atoms with van der Waals surface area (Å²) in [6.07, 6.45) is 12.2. The maximum Gasteiger partial charge on any atom is 0.325 e. The molecule has 1 atom stereocenters. The van der Waals surface area contributed by atoms with Crippen molar-refractivity contribution in [2.24, 2.45) is 0 Å². The van der Waals surface area contributed by atoms with Crippen molar-refractivity contribution in [1.29, 1.82) is 0 Å². The Hall–Kier alpha value is -0.420. The number of ether oxygens (including phenoxy) is 1. The van der Waals surface area contributed by atoms with Crippen LogP contribution in [-0.2, 0) is 14.1 Å². The molecule has 0 heterocycles. The first-order chi connectivity index (χ1) is 11.8. The third kappa shape index (κ3) is 19.7. The minimum atomic E-state index is -4.11. The van der Waals surface area contributed by atoms with Gasteiger partial charge in [0.05, 0.1) is 12.3 Å². The Morgan fingerprint density at radius 3 is 1.88 bits per heavy atom. The van der Waals surface area contributed by atoms with Crippen LogP contribution in [0.1, 0.15) is 90.4 Å². The van der Waals surface area contributed by atoms with Crippen LogP contribution in [0.15, 0.2) is 0 Å². The molecule has 0 aliphatic heterocycles. The quantitative estimate of drug-likeness (QED) is 0.199. The van der Waals surface area contributed by atoms with Gasteiger partial charge in [-0.05, 0) is 12.8 Å². The van der Waals surface area contributed by atoms with E-state index in [1.54, 1.807) is 0 Å². The van der Waals surface area contributed by atoms with E-state index < -0.39 is 19.9 Å². The average molecular weight is 380 g/mol. The molecule has 1 unspecified atom stereocenters. The van der Waals surface area contributed by atoms with Crippen LogP contribution >= 0.6 is 7.60 Å². The first kappa shape index (κ1) is 24.6. The largest absolute Gasteiger partial charge is 0.463 e. The number of rotatable bonds is 17. The molecule has 6 nitrogen and oxygen atoms in total. The fourth-order valence-electron chi connectivity index (χ4n) is 2.60. The standard InChI is InChI=1S/C18H37O6P/c1-2-3-4-5-6-7-8-9-10-11-12-13-18(20)24-16-17(19)14-15-25(21,22)23/h17,19H,2-16H2,1H3,(H2,21,22,23). The molecule has 0 spiro atoms. The van der Waals surface area contributed by atoms with Crippen LogP contribution in [0, 0.1) is 0 Å². The Kier molecular flexibility index (Phi) is 15.5. The maximum absolute atomic E-state index is 11.5. The Labute approximate surface area is 152 Å². The minimum absolute atomic E-state index is 0.0734. The zero-order valence-electron chi connectivity index (χ0n) is 15.7. The molecular formula is C18H37O6P. The van der Waals surface area contributed by atoms with Crippen molar-refractivity contribution >= 4 is 13.6 Å².